The standard InChI is InChI=1S/C9H11ClFNO/c1-5(12)2-6-3-7(10)4-8(11)9(6)13/h3-5,13H,2,12H2,1H3. The van der Waals surface area contributed by atoms with E-state index in [4.69, 9.17) is 17.3 Å². The summed E-state index contributed by atoms with van der Waals surface area (Å²) in [6.45, 7) is 1.78. The van der Waals surface area contributed by atoms with Crippen molar-refractivity contribution in [2.24, 2.45) is 5.73 Å². The first-order valence-corrected chi connectivity index (χ1v) is 4.31. The van der Waals surface area contributed by atoms with Crippen molar-refractivity contribution in [2.45, 2.75) is 19.4 Å². The highest BCUT2D eigenvalue weighted by molar-refractivity contribution is 6.30. The van der Waals surface area contributed by atoms with Crippen LogP contribution in [0.2, 0.25) is 5.02 Å². The lowest BCUT2D eigenvalue weighted by Crippen LogP contribution is -2.17. The average Bonchev–Trinajstić information content (AvgIpc) is 1.98. The zero-order chi connectivity index (χ0) is 10.0. The molecular weight excluding hydrogens is 193 g/mol. The van der Waals surface area contributed by atoms with E-state index in [-0.39, 0.29) is 16.8 Å². The van der Waals surface area contributed by atoms with Crippen molar-refractivity contribution in [1.82, 2.24) is 0 Å². The van der Waals surface area contributed by atoms with Crippen molar-refractivity contribution >= 4 is 11.6 Å². The van der Waals surface area contributed by atoms with Gasteiger partial charge in [0, 0.05) is 11.1 Å². The van der Waals surface area contributed by atoms with Crippen LogP contribution in [0.5, 0.6) is 5.75 Å². The minimum atomic E-state index is -0.705. The fourth-order valence-corrected chi connectivity index (χ4v) is 1.35. The Balaban J connectivity index is 3.05. The van der Waals surface area contributed by atoms with Crippen LogP contribution in [0.15, 0.2) is 12.1 Å². The topological polar surface area (TPSA) is 46.2 Å². The number of hydrogen-bond donors (Lipinski definition) is 2. The summed E-state index contributed by atoms with van der Waals surface area (Å²) >= 11 is 5.61. The Morgan fingerprint density at radius 2 is 2.23 bits per heavy atom. The third-order valence-corrected chi connectivity index (χ3v) is 1.87. The molecule has 0 spiro atoms. The van der Waals surface area contributed by atoms with E-state index < -0.39 is 5.82 Å². The number of aromatic hydroxyl groups is 1. The Labute approximate surface area is 81.1 Å². The molecular formula is C9H11ClFNO. The van der Waals surface area contributed by atoms with Crippen LogP contribution >= 0.6 is 11.6 Å². The fourth-order valence-electron chi connectivity index (χ4n) is 1.12. The quantitative estimate of drug-likeness (QED) is 0.773. The predicted octanol–water partition coefficient (Wildman–Crippen LogP) is 2.07. The van der Waals surface area contributed by atoms with Crippen LogP contribution in [0.1, 0.15) is 12.5 Å². The SMILES string of the molecule is CC(N)Cc1cc(Cl)cc(F)c1O. The monoisotopic (exact) mass is 203 g/mol. The molecule has 0 bridgehead atoms. The number of phenols is 1. The molecule has 4 heteroatoms. The average molecular weight is 204 g/mol. The summed E-state index contributed by atoms with van der Waals surface area (Å²) < 4.78 is 12.9. The molecule has 0 amide bonds. The molecule has 13 heavy (non-hydrogen) atoms. The minimum Gasteiger partial charge on any atom is -0.505 e. The van der Waals surface area contributed by atoms with Crippen LogP contribution in [0.3, 0.4) is 0 Å². The van der Waals surface area contributed by atoms with Gasteiger partial charge in [-0.15, -0.1) is 0 Å². The second-order valence-electron chi connectivity index (χ2n) is 3.08. The van der Waals surface area contributed by atoms with Gasteiger partial charge in [-0.3, -0.25) is 0 Å². The molecule has 0 fully saturated rings. The largest absolute Gasteiger partial charge is 0.505 e. The molecule has 1 unspecified atom stereocenters. The van der Waals surface area contributed by atoms with E-state index in [1.807, 2.05) is 0 Å². The van der Waals surface area contributed by atoms with Crippen molar-refractivity contribution in [1.29, 1.82) is 0 Å². The van der Waals surface area contributed by atoms with E-state index in [1.54, 1.807) is 6.92 Å². The second-order valence-corrected chi connectivity index (χ2v) is 3.51. The summed E-state index contributed by atoms with van der Waals surface area (Å²) in [6.07, 6.45) is 0.406. The molecule has 2 nitrogen and oxygen atoms in total. The number of hydrogen-bond acceptors (Lipinski definition) is 2. The van der Waals surface area contributed by atoms with Gasteiger partial charge < -0.3 is 10.8 Å². The summed E-state index contributed by atoms with van der Waals surface area (Å²) in [5, 5.41) is 9.55. The second kappa shape index (κ2) is 3.94. The van der Waals surface area contributed by atoms with Gasteiger partial charge in [-0.2, -0.15) is 0 Å². The molecule has 0 saturated heterocycles. The highest BCUT2D eigenvalue weighted by Crippen LogP contribution is 2.26. The van der Waals surface area contributed by atoms with Crippen molar-refractivity contribution in [3.63, 3.8) is 0 Å². The van der Waals surface area contributed by atoms with Gasteiger partial charge in [0.05, 0.1) is 0 Å². The highest BCUT2D eigenvalue weighted by Gasteiger charge is 2.10. The van der Waals surface area contributed by atoms with Gasteiger partial charge in [0.1, 0.15) is 0 Å². The fraction of sp³-hybridized carbons (Fsp3) is 0.333. The van der Waals surface area contributed by atoms with Gasteiger partial charge in [-0.05, 0) is 31.0 Å². The number of halogens is 2. The van der Waals surface area contributed by atoms with Crippen LogP contribution < -0.4 is 5.73 Å². The Morgan fingerprint density at radius 3 is 2.77 bits per heavy atom. The molecule has 0 heterocycles. The number of phenolic OH excluding ortho intramolecular Hbond substituents is 1. The van der Waals surface area contributed by atoms with Crippen LogP contribution in [0.25, 0.3) is 0 Å². The smallest absolute Gasteiger partial charge is 0.166 e. The Morgan fingerprint density at radius 1 is 1.62 bits per heavy atom. The molecule has 1 aromatic rings. The summed E-state index contributed by atoms with van der Waals surface area (Å²) in [5.74, 6) is -1.06. The molecule has 3 N–H and O–H groups in total. The number of nitrogens with two attached hydrogens (primary N) is 1. The zero-order valence-electron chi connectivity index (χ0n) is 7.22. The van der Waals surface area contributed by atoms with E-state index in [0.717, 1.165) is 6.07 Å². The third-order valence-electron chi connectivity index (χ3n) is 1.65. The third kappa shape index (κ3) is 2.57. The summed E-state index contributed by atoms with van der Waals surface area (Å²) in [5.41, 5.74) is 5.96. The zero-order valence-corrected chi connectivity index (χ0v) is 7.98. The first kappa shape index (κ1) is 10.3. The predicted molar refractivity (Wildman–Crippen MR) is 50.4 cm³/mol. The lowest BCUT2D eigenvalue weighted by atomic mass is 10.1. The van der Waals surface area contributed by atoms with Crippen molar-refractivity contribution in [3.05, 3.63) is 28.5 Å². The van der Waals surface area contributed by atoms with Crippen LogP contribution in [0, 0.1) is 5.82 Å². The van der Waals surface area contributed by atoms with E-state index in [0.29, 0.717) is 12.0 Å². The summed E-state index contributed by atoms with van der Waals surface area (Å²) in [6, 6.07) is 2.45. The van der Waals surface area contributed by atoms with Gasteiger partial charge >= 0.3 is 0 Å². The highest BCUT2D eigenvalue weighted by atomic mass is 35.5. The maximum absolute atomic E-state index is 12.9. The summed E-state index contributed by atoms with van der Waals surface area (Å²) in [4.78, 5) is 0. The van der Waals surface area contributed by atoms with Crippen LogP contribution in [0.4, 0.5) is 4.39 Å². The first-order valence-electron chi connectivity index (χ1n) is 3.93. The number of benzene rings is 1. The molecule has 0 aliphatic rings. The lowest BCUT2D eigenvalue weighted by molar-refractivity contribution is 0.424. The van der Waals surface area contributed by atoms with E-state index >= 15 is 0 Å². The molecule has 0 aromatic heterocycles. The molecule has 1 rings (SSSR count). The van der Waals surface area contributed by atoms with E-state index in [2.05, 4.69) is 0 Å². The molecule has 1 atom stereocenters. The molecule has 0 saturated carbocycles. The molecule has 0 radical (unpaired) electrons. The van der Waals surface area contributed by atoms with Crippen molar-refractivity contribution in [3.8, 4) is 5.75 Å². The normalized spacial score (nSPS) is 12.9. The van der Waals surface area contributed by atoms with E-state index in [9.17, 15) is 9.50 Å². The molecule has 0 aliphatic heterocycles. The maximum atomic E-state index is 12.9. The molecule has 0 aliphatic carbocycles. The van der Waals surface area contributed by atoms with Crippen LogP contribution in [-0.4, -0.2) is 11.1 Å². The molecule has 1 aromatic carbocycles. The Kier molecular flexibility index (Phi) is 3.12. The van der Waals surface area contributed by atoms with Gasteiger partial charge in [-0.1, -0.05) is 11.6 Å². The van der Waals surface area contributed by atoms with Crippen molar-refractivity contribution in [2.75, 3.05) is 0 Å². The van der Waals surface area contributed by atoms with Gasteiger partial charge in [0.15, 0.2) is 11.6 Å². The Hall–Kier alpha value is -0.800. The first-order chi connectivity index (χ1) is 6.00. The minimum absolute atomic E-state index is 0.135. The van der Waals surface area contributed by atoms with Crippen LogP contribution in [-0.2, 0) is 6.42 Å². The summed E-state index contributed by atoms with van der Waals surface area (Å²) in [7, 11) is 0. The van der Waals surface area contributed by atoms with Gasteiger partial charge in [-0.25, -0.2) is 4.39 Å². The van der Waals surface area contributed by atoms with Gasteiger partial charge in [0.2, 0.25) is 0 Å². The Bertz CT molecular complexity index is 315. The van der Waals surface area contributed by atoms with Gasteiger partial charge in [0.25, 0.3) is 0 Å². The lowest BCUT2D eigenvalue weighted by Gasteiger charge is -2.08. The maximum Gasteiger partial charge on any atom is 0.166 e. The van der Waals surface area contributed by atoms with E-state index in [1.165, 1.54) is 6.07 Å². The van der Waals surface area contributed by atoms with Crippen molar-refractivity contribution < 1.29 is 9.50 Å². The molecule has 72 valence electrons. The number of rotatable bonds is 2.